The van der Waals surface area contributed by atoms with Crippen molar-refractivity contribution >= 4 is 17.2 Å². The molecule has 144 valence electrons. The Labute approximate surface area is 153 Å². The lowest BCUT2D eigenvalue weighted by molar-refractivity contribution is -0.146. The maximum absolute atomic E-state index is 13.2. The van der Waals surface area contributed by atoms with Gasteiger partial charge in [-0.2, -0.15) is 17.7 Å². The van der Waals surface area contributed by atoms with E-state index in [4.69, 9.17) is 0 Å². The Kier molecular flexibility index (Phi) is 5.45. The SMILES string of the molecule is CC[C@H](CO)Nc1cc(NCc2ccccc2)c2nnc(C(F)(F)F)n2n1. The predicted molar refractivity (Wildman–Crippen MR) is 94.3 cm³/mol. The van der Waals surface area contributed by atoms with Gasteiger partial charge in [-0.1, -0.05) is 37.3 Å². The zero-order valence-electron chi connectivity index (χ0n) is 14.5. The fourth-order valence-corrected chi connectivity index (χ4v) is 2.54. The number of aromatic nitrogens is 4. The van der Waals surface area contributed by atoms with Gasteiger partial charge in [-0.15, -0.1) is 15.3 Å². The predicted octanol–water partition coefficient (Wildman–Crippen LogP) is 2.94. The number of anilines is 2. The van der Waals surface area contributed by atoms with E-state index in [0.717, 1.165) is 5.56 Å². The minimum absolute atomic E-state index is 0.0270. The van der Waals surface area contributed by atoms with Gasteiger partial charge >= 0.3 is 6.18 Å². The summed E-state index contributed by atoms with van der Waals surface area (Å²) >= 11 is 0. The number of aliphatic hydroxyl groups excluding tert-OH is 1. The van der Waals surface area contributed by atoms with E-state index in [-0.39, 0.29) is 24.1 Å². The van der Waals surface area contributed by atoms with Crippen LogP contribution in [0, 0.1) is 0 Å². The maximum Gasteiger partial charge on any atom is 0.453 e. The smallest absolute Gasteiger partial charge is 0.394 e. The number of halogens is 3. The molecule has 0 radical (unpaired) electrons. The molecule has 0 saturated carbocycles. The third-order valence-corrected chi connectivity index (χ3v) is 4.01. The van der Waals surface area contributed by atoms with Crippen LogP contribution in [-0.4, -0.2) is 37.6 Å². The Bertz CT molecular complexity index is 893. The molecule has 0 spiro atoms. The van der Waals surface area contributed by atoms with E-state index in [9.17, 15) is 18.3 Å². The van der Waals surface area contributed by atoms with Crippen LogP contribution >= 0.6 is 0 Å². The van der Waals surface area contributed by atoms with Crippen molar-refractivity contribution in [3.63, 3.8) is 0 Å². The fraction of sp³-hybridized carbons (Fsp3) is 0.353. The standard InChI is InChI=1S/C17H19F3N6O/c1-2-12(10-27)22-14-8-13(21-9-11-6-4-3-5-7-11)15-23-24-16(17(18,19)20)26(15)25-14/h3-8,12,21,27H,2,9-10H2,1H3,(H,22,25)/t12-/m1/s1. The molecule has 1 atom stereocenters. The van der Waals surface area contributed by atoms with E-state index < -0.39 is 12.0 Å². The normalized spacial score (nSPS) is 12.9. The molecule has 27 heavy (non-hydrogen) atoms. The van der Waals surface area contributed by atoms with Crippen molar-refractivity contribution in [2.24, 2.45) is 0 Å². The van der Waals surface area contributed by atoms with Gasteiger partial charge in [0.25, 0.3) is 5.82 Å². The first-order valence-corrected chi connectivity index (χ1v) is 8.41. The molecule has 0 fully saturated rings. The first-order valence-electron chi connectivity index (χ1n) is 8.41. The zero-order valence-corrected chi connectivity index (χ0v) is 14.5. The number of hydrogen-bond donors (Lipinski definition) is 3. The molecule has 0 aliphatic heterocycles. The second-order valence-electron chi connectivity index (χ2n) is 5.97. The largest absolute Gasteiger partial charge is 0.453 e. The first-order chi connectivity index (χ1) is 12.9. The van der Waals surface area contributed by atoms with Gasteiger partial charge in [-0.25, -0.2) is 0 Å². The number of aliphatic hydroxyl groups is 1. The molecule has 0 aliphatic carbocycles. The number of alkyl halides is 3. The van der Waals surface area contributed by atoms with Crippen LogP contribution in [-0.2, 0) is 12.7 Å². The van der Waals surface area contributed by atoms with Gasteiger partial charge in [0.1, 0.15) is 5.82 Å². The zero-order chi connectivity index (χ0) is 19.4. The Morgan fingerprint density at radius 3 is 2.56 bits per heavy atom. The second-order valence-corrected chi connectivity index (χ2v) is 5.97. The van der Waals surface area contributed by atoms with Gasteiger partial charge in [0.15, 0.2) is 0 Å². The third kappa shape index (κ3) is 4.27. The van der Waals surface area contributed by atoms with E-state index >= 15 is 0 Å². The van der Waals surface area contributed by atoms with Crippen LogP contribution in [0.25, 0.3) is 5.65 Å². The summed E-state index contributed by atoms with van der Waals surface area (Å²) in [5.41, 5.74) is 1.28. The van der Waals surface area contributed by atoms with Crippen molar-refractivity contribution in [3.05, 3.63) is 47.8 Å². The van der Waals surface area contributed by atoms with Crippen LogP contribution in [0.3, 0.4) is 0 Å². The minimum atomic E-state index is -4.69. The summed E-state index contributed by atoms with van der Waals surface area (Å²) in [6.07, 6.45) is -4.11. The maximum atomic E-state index is 13.2. The number of hydrogen-bond acceptors (Lipinski definition) is 6. The highest BCUT2D eigenvalue weighted by Gasteiger charge is 2.38. The van der Waals surface area contributed by atoms with Crippen LogP contribution in [0.4, 0.5) is 24.7 Å². The molecule has 0 aliphatic rings. The van der Waals surface area contributed by atoms with Gasteiger partial charge in [0.2, 0.25) is 5.65 Å². The monoisotopic (exact) mass is 380 g/mol. The van der Waals surface area contributed by atoms with Crippen molar-refractivity contribution in [2.45, 2.75) is 32.1 Å². The summed E-state index contributed by atoms with van der Waals surface area (Å²) in [6, 6.07) is 10.6. The van der Waals surface area contributed by atoms with Crippen LogP contribution < -0.4 is 10.6 Å². The van der Waals surface area contributed by atoms with Crippen molar-refractivity contribution in [2.75, 3.05) is 17.2 Å². The molecule has 0 unspecified atom stereocenters. The first kappa shape index (κ1) is 18.9. The Morgan fingerprint density at radius 2 is 1.93 bits per heavy atom. The van der Waals surface area contributed by atoms with Gasteiger partial charge in [0, 0.05) is 12.6 Å². The molecular weight excluding hydrogens is 361 g/mol. The van der Waals surface area contributed by atoms with Crippen LogP contribution in [0.2, 0.25) is 0 Å². The average molecular weight is 380 g/mol. The summed E-state index contributed by atoms with van der Waals surface area (Å²) in [6.45, 7) is 2.07. The minimum Gasteiger partial charge on any atom is -0.394 e. The summed E-state index contributed by atoms with van der Waals surface area (Å²) in [5, 5.41) is 26.2. The number of fused-ring (bicyclic) bond motifs is 1. The number of benzene rings is 1. The Hall–Kier alpha value is -2.88. The summed E-state index contributed by atoms with van der Waals surface area (Å²) < 4.78 is 40.3. The fourth-order valence-electron chi connectivity index (χ4n) is 2.54. The molecule has 0 saturated heterocycles. The molecule has 3 rings (SSSR count). The molecule has 3 aromatic rings. The average Bonchev–Trinajstić information content (AvgIpc) is 3.09. The van der Waals surface area contributed by atoms with Crippen molar-refractivity contribution in [1.82, 2.24) is 19.8 Å². The van der Waals surface area contributed by atoms with E-state index in [1.54, 1.807) is 6.07 Å². The lowest BCUT2D eigenvalue weighted by atomic mass is 10.2. The van der Waals surface area contributed by atoms with Crippen LogP contribution in [0.5, 0.6) is 0 Å². The Balaban J connectivity index is 2.00. The van der Waals surface area contributed by atoms with Crippen molar-refractivity contribution < 1.29 is 18.3 Å². The van der Waals surface area contributed by atoms with Crippen LogP contribution in [0.1, 0.15) is 24.7 Å². The van der Waals surface area contributed by atoms with Gasteiger partial charge in [0.05, 0.1) is 18.3 Å². The molecule has 0 bridgehead atoms. The van der Waals surface area contributed by atoms with Gasteiger partial charge in [-0.3, -0.25) is 0 Å². The van der Waals surface area contributed by atoms with Crippen molar-refractivity contribution in [3.8, 4) is 0 Å². The van der Waals surface area contributed by atoms with Crippen molar-refractivity contribution in [1.29, 1.82) is 0 Å². The van der Waals surface area contributed by atoms with Gasteiger partial charge < -0.3 is 15.7 Å². The molecule has 1 aromatic carbocycles. The molecular formula is C17H19F3N6O. The van der Waals surface area contributed by atoms with E-state index in [1.807, 2.05) is 37.3 Å². The summed E-state index contributed by atoms with van der Waals surface area (Å²) in [7, 11) is 0. The van der Waals surface area contributed by atoms with E-state index in [1.165, 1.54) is 0 Å². The quantitative estimate of drug-likeness (QED) is 0.584. The molecule has 2 aromatic heterocycles. The molecule has 10 heteroatoms. The third-order valence-electron chi connectivity index (χ3n) is 4.01. The highest BCUT2D eigenvalue weighted by molar-refractivity contribution is 5.70. The number of nitrogens with zero attached hydrogens (tertiary/aromatic N) is 4. The highest BCUT2D eigenvalue weighted by atomic mass is 19.4. The van der Waals surface area contributed by atoms with Crippen LogP contribution in [0.15, 0.2) is 36.4 Å². The second kappa shape index (κ2) is 7.78. The van der Waals surface area contributed by atoms with E-state index in [0.29, 0.717) is 23.2 Å². The molecule has 3 N–H and O–H groups in total. The number of nitrogens with one attached hydrogen (secondary N) is 2. The van der Waals surface area contributed by atoms with E-state index in [2.05, 4.69) is 25.9 Å². The molecule has 0 amide bonds. The lowest BCUT2D eigenvalue weighted by Gasteiger charge is -2.16. The number of rotatable bonds is 7. The topological polar surface area (TPSA) is 87.4 Å². The highest BCUT2D eigenvalue weighted by Crippen LogP contribution is 2.30. The summed E-state index contributed by atoms with van der Waals surface area (Å²) in [4.78, 5) is 0. The molecule has 7 nitrogen and oxygen atoms in total. The summed E-state index contributed by atoms with van der Waals surface area (Å²) in [5.74, 6) is -1.02. The Morgan fingerprint density at radius 1 is 1.19 bits per heavy atom. The van der Waals surface area contributed by atoms with Gasteiger partial charge in [-0.05, 0) is 12.0 Å². The molecule has 2 heterocycles. The lowest BCUT2D eigenvalue weighted by Crippen LogP contribution is -2.24.